The van der Waals surface area contributed by atoms with E-state index in [2.05, 4.69) is 50.1 Å². The van der Waals surface area contributed by atoms with Gasteiger partial charge in [-0.2, -0.15) is 0 Å². The fourth-order valence-electron chi connectivity index (χ4n) is 3.81. The highest BCUT2D eigenvalue weighted by Crippen LogP contribution is 2.31. The standard InChI is InChI=1S/C19H32N2/c1-4-7-16-10-11-19(20)18(12-16)14-21(3)13-17-9-6-5-8-15(17)2/h5-6,8-9,16,18-19H,4,7,10-14,20H2,1-3H3. The van der Waals surface area contributed by atoms with Crippen molar-refractivity contribution in [2.24, 2.45) is 17.6 Å². The van der Waals surface area contributed by atoms with Gasteiger partial charge in [0, 0.05) is 19.1 Å². The summed E-state index contributed by atoms with van der Waals surface area (Å²) in [6.45, 7) is 6.67. The zero-order chi connectivity index (χ0) is 15.2. The van der Waals surface area contributed by atoms with Gasteiger partial charge in [-0.05, 0) is 56.2 Å². The van der Waals surface area contributed by atoms with E-state index in [4.69, 9.17) is 5.73 Å². The molecule has 0 radical (unpaired) electrons. The zero-order valence-corrected chi connectivity index (χ0v) is 14.0. The van der Waals surface area contributed by atoms with Crippen LogP contribution in [0.1, 0.15) is 50.2 Å². The van der Waals surface area contributed by atoms with Gasteiger partial charge in [-0.1, -0.05) is 44.0 Å². The molecular formula is C19H32N2. The van der Waals surface area contributed by atoms with E-state index in [0.29, 0.717) is 12.0 Å². The molecule has 2 N–H and O–H groups in total. The number of hydrogen-bond donors (Lipinski definition) is 1. The monoisotopic (exact) mass is 288 g/mol. The first-order valence-electron chi connectivity index (χ1n) is 8.58. The molecule has 1 saturated carbocycles. The summed E-state index contributed by atoms with van der Waals surface area (Å²) >= 11 is 0. The second-order valence-corrected chi connectivity index (χ2v) is 7.01. The smallest absolute Gasteiger partial charge is 0.0233 e. The second-order valence-electron chi connectivity index (χ2n) is 7.01. The molecule has 1 aromatic rings. The van der Waals surface area contributed by atoms with Crippen LogP contribution in [0, 0.1) is 18.8 Å². The van der Waals surface area contributed by atoms with Crippen molar-refractivity contribution in [3.63, 3.8) is 0 Å². The summed E-state index contributed by atoms with van der Waals surface area (Å²) in [5.41, 5.74) is 9.21. The fourth-order valence-corrected chi connectivity index (χ4v) is 3.81. The van der Waals surface area contributed by atoms with Crippen molar-refractivity contribution >= 4 is 0 Å². The van der Waals surface area contributed by atoms with Crippen molar-refractivity contribution < 1.29 is 0 Å². The lowest BCUT2D eigenvalue weighted by Gasteiger charge is -2.36. The van der Waals surface area contributed by atoms with Crippen molar-refractivity contribution in [1.29, 1.82) is 0 Å². The lowest BCUT2D eigenvalue weighted by molar-refractivity contribution is 0.165. The summed E-state index contributed by atoms with van der Waals surface area (Å²) in [7, 11) is 2.24. The molecule has 1 aromatic carbocycles. The van der Waals surface area contributed by atoms with Crippen LogP contribution in [0.3, 0.4) is 0 Å². The molecule has 2 heteroatoms. The lowest BCUT2D eigenvalue weighted by Crippen LogP contribution is -2.42. The number of nitrogens with zero attached hydrogens (tertiary/aromatic N) is 1. The average Bonchev–Trinajstić information content (AvgIpc) is 2.45. The Balaban J connectivity index is 1.88. The summed E-state index contributed by atoms with van der Waals surface area (Å²) in [4.78, 5) is 2.46. The van der Waals surface area contributed by atoms with Gasteiger partial charge in [-0.15, -0.1) is 0 Å². The van der Waals surface area contributed by atoms with Crippen molar-refractivity contribution in [1.82, 2.24) is 4.90 Å². The first kappa shape index (κ1) is 16.5. The maximum atomic E-state index is 6.38. The van der Waals surface area contributed by atoms with Crippen LogP contribution in [0.5, 0.6) is 0 Å². The van der Waals surface area contributed by atoms with Crippen LogP contribution in [-0.2, 0) is 6.54 Å². The van der Waals surface area contributed by atoms with Gasteiger partial charge < -0.3 is 10.6 Å². The van der Waals surface area contributed by atoms with E-state index < -0.39 is 0 Å². The molecule has 1 aliphatic rings. The fraction of sp³-hybridized carbons (Fsp3) is 0.684. The molecule has 1 fully saturated rings. The largest absolute Gasteiger partial charge is 0.327 e. The van der Waals surface area contributed by atoms with Gasteiger partial charge in [0.25, 0.3) is 0 Å². The molecule has 118 valence electrons. The molecule has 0 heterocycles. The Hall–Kier alpha value is -0.860. The molecule has 21 heavy (non-hydrogen) atoms. The minimum Gasteiger partial charge on any atom is -0.327 e. The van der Waals surface area contributed by atoms with Crippen molar-refractivity contribution in [3.8, 4) is 0 Å². The Morgan fingerprint density at radius 3 is 2.71 bits per heavy atom. The van der Waals surface area contributed by atoms with Crippen LogP contribution in [0.2, 0.25) is 0 Å². The summed E-state index contributed by atoms with van der Waals surface area (Å²) < 4.78 is 0. The van der Waals surface area contributed by atoms with Crippen molar-refractivity contribution in [2.45, 2.75) is 58.5 Å². The molecule has 0 bridgehead atoms. The SMILES string of the molecule is CCCC1CCC(N)C(CN(C)Cc2ccccc2C)C1. The Kier molecular flexibility index (Phi) is 6.25. The highest BCUT2D eigenvalue weighted by Gasteiger charge is 2.28. The predicted molar refractivity (Wildman–Crippen MR) is 91.2 cm³/mol. The van der Waals surface area contributed by atoms with Crippen molar-refractivity contribution in [3.05, 3.63) is 35.4 Å². The van der Waals surface area contributed by atoms with Gasteiger partial charge in [0.15, 0.2) is 0 Å². The van der Waals surface area contributed by atoms with Gasteiger partial charge in [-0.3, -0.25) is 0 Å². The van der Waals surface area contributed by atoms with Crippen molar-refractivity contribution in [2.75, 3.05) is 13.6 Å². The summed E-state index contributed by atoms with van der Waals surface area (Å²) in [6.07, 6.45) is 6.57. The van der Waals surface area contributed by atoms with E-state index in [0.717, 1.165) is 19.0 Å². The van der Waals surface area contributed by atoms with Gasteiger partial charge in [0.2, 0.25) is 0 Å². The third kappa shape index (κ3) is 4.82. The van der Waals surface area contributed by atoms with Crippen LogP contribution in [0.15, 0.2) is 24.3 Å². The summed E-state index contributed by atoms with van der Waals surface area (Å²) in [5, 5.41) is 0. The van der Waals surface area contributed by atoms with Crippen LogP contribution < -0.4 is 5.73 Å². The Bertz CT molecular complexity index is 429. The number of benzene rings is 1. The van der Waals surface area contributed by atoms with Gasteiger partial charge >= 0.3 is 0 Å². The first-order valence-corrected chi connectivity index (χ1v) is 8.58. The molecule has 0 aromatic heterocycles. The van der Waals surface area contributed by atoms with E-state index in [-0.39, 0.29) is 0 Å². The second kappa shape index (κ2) is 7.95. The molecule has 0 saturated heterocycles. The molecule has 0 aliphatic heterocycles. The molecule has 3 unspecified atom stereocenters. The number of aryl methyl sites for hydroxylation is 1. The predicted octanol–water partition coefficient (Wildman–Crippen LogP) is 3.97. The van der Waals surface area contributed by atoms with Crippen LogP contribution in [-0.4, -0.2) is 24.5 Å². The van der Waals surface area contributed by atoms with Crippen LogP contribution in [0.25, 0.3) is 0 Å². The summed E-state index contributed by atoms with van der Waals surface area (Å²) in [6, 6.07) is 9.10. The lowest BCUT2D eigenvalue weighted by atomic mass is 9.76. The third-order valence-electron chi connectivity index (χ3n) is 5.09. The molecular weight excluding hydrogens is 256 g/mol. The van der Waals surface area contributed by atoms with Gasteiger partial charge in [0.1, 0.15) is 0 Å². The summed E-state index contributed by atoms with van der Waals surface area (Å²) in [5.74, 6) is 1.58. The first-order chi connectivity index (χ1) is 10.1. The highest BCUT2D eigenvalue weighted by molar-refractivity contribution is 5.25. The third-order valence-corrected chi connectivity index (χ3v) is 5.09. The number of nitrogens with two attached hydrogens (primary N) is 1. The van der Waals surface area contributed by atoms with E-state index in [9.17, 15) is 0 Å². The molecule has 2 nitrogen and oxygen atoms in total. The number of hydrogen-bond acceptors (Lipinski definition) is 2. The average molecular weight is 288 g/mol. The topological polar surface area (TPSA) is 29.3 Å². The molecule has 0 amide bonds. The minimum atomic E-state index is 0.400. The maximum Gasteiger partial charge on any atom is 0.0233 e. The van der Waals surface area contributed by atoms with E-state index >= 15 is 0 Å². The van der Waals surface area contributed by atoms with Crippen LogP contribution >= 0.6 is 0 Å². The quantitative estimate of drug-likeness (QED) is 0.858. The highest BCUT2D eigenvalue weighted by atomic mass is 15.1. The van der Waals surface area contributed by atoms with E-state index in [1.165, 1.54) is 43.2 Å². The Morgan fingerprint density at radius 2 is 2.00 bits per heavy atom. The molecule has 2 rings (SSSR count). The molecule has 1 aliphatic carbocycles. The normalized spacial score (nSPS) is 26.2. The Morgan fingerprint density at radius 1 is 1.24 bits per heavy atom. The van der Waals surface area contributed by atoms with Gasteiger partial charge in [-0.25, -0.2) is 0 Å². The van der Waals surface area contributed by atoms with E-state index in [1.807, 2.05) is 0 Å². The zero-order valence-electron chi connectivity index (χ0n) is 14.0. The van der Waals surface area contributed by atoms with Gasteiger partial charge in [0.05, 0.1) is 0 Å². The molecule has 3 atom stereocenters. The molecule has 0 spiro atoms. The minimum absolute atomic E-state index is 0.400. The maximum absolute atomic E-state index is 6.38. The number of rotatable bonds is 6. The Labute approximate surface area is 130 Å². The van der Waals surface area contributed by atoms with Crippen LogP contribution in [0.4, 0.5) is 0 Å². The van der Waals surface area contributed by atoms with E-state index in [1.54, 1.807) is 0 Å².